The van der Waals surface area contributed by atoms with Crippen molar-refractivity contribution in [2.75, 3.05) is 24.3 Å². The third kappa shape index (κ3) is 3.96. The van der Waals surface area contributed by atoms with Crippen LogP contribution < -0.4 is 10.2 Å². The highest BCUT2D eigenvalue weighted by molar-refractivity contribution is 9.10. The predicted molar refractivity (Wildman–Crippen MR) is 82.2 cm³/mol. The van der Waals surface area contributed by atoms with E-state index in [1.165, 1.54) is 12.1 Å². The zero-order valence-electron chi connectivity index (χ0n) is 11.0. The largest absolute Gasteiger partial charge is 0.381 e. The van der Waals surface area contributed by atoms with Crippen LogP contribution in [0.3, 0.4) is 0 Å². The second-order valence-corrected chi connectivity index (χ2v) is 5.49. The highest BCUT2D eigenvalue weighted by atomic mass is 79.9. The molecule has 4 heteroatoms. The molecule has 0 spiro atoms. The molecule has 0 aromatic heterocycles. The molecule has 2 aromatic rings. The molecule has 0 radical (unpaired) electrons. The Hall–Kier alpha value is -1.55. The minimum absolute atomic E-state index is 0.229. The van der Waals surface area contributed by atoms with Crippen LogP contribution in [0.1, 0.15) is 5.56 Å². The summed E-state index contributed by atoms with van der Waals surface area (Å²) in [5.74, 6) is -0.229. The number of halogens is 2. The topological polar surface area (TPSA) is 15.3 Å². The summed E-state index contributed by atoms with van der Waals surface area (Å²) in [6.45, 7) is 0.591. The number of nitrogens with one attached hydrogen (secondary N) is 1. The molecular weight excluding hydrogens is 307 g/mol. The molecule has 0 aliphatic carbocycles. The van der Waals surface area contributed by atoms with Crippen LogP contribution in [-0.2, 0) is 6.54 Å². The smallest absolute Gasteiger partial charge is 0.124 e. The van der Waals surface area contributed by atoms with Gasteiger partial charge in [-0.1, -0.05) is 22.0 Å². The van der Waals surface area contributed by atoms with E-state index in [-0.39, 0.29) is 5.82 Å². The van der Waals surface area contributed by atoms with Gasteiger partial charge >= 0.3 is 0 Å². The highest BCUT2D eigenvalue weighted by Gasteiger charge is 2.01. The quantitative estimate of drug-likeness (QED) is 0.904. The molecule has 2 rings (SSSR count). The van der Waals surface area contributed by atoms with Crippen molar-refractivity contribution >= 4 is 27.3 Å². The summed E-state index contributed by atoms with van der Waals surface area (Å²) in [5.41, 5.74) is 3.05. The number of hydrogen-bond donors (Lipinski definition) is 1. The van der Waals surface area contributed by atoms with Gasteiger partial charge in [-0.2, -0.15) is 0 Å². The Morgan fingerprint density at radius 1 is 1.16 bits per heavy atom. The molecule has 0 bridgehead atoms. The summed E-state index contributed by atoms with van der Waals surface area (Å²) in [6.07, 6.45) is 0. The van der Waals surface area contributed by atoms with Crippen LogP contribution in [0.4, 0.5) is 15.8 Å². The molecule has 0 fully saturated rings. The van der Waals surface area contributed by atoms with Crippen molar-refractivity contribution in [2.45, 2.75) is 6.54 Å². The van der Waals surface area contributed by atoms with Gasteiger partial charge in [0.2, 0.25) is 0 Å². The monoisotopic (exact) mass is 322 g/mol. The maximum Gasteiger partial charge on any atom is 0.124 e. The van der Waals surface area contributed by atoms with Crippen LogP contribution in [0.2, 0.25) is 0 Å². The molecule has 0 atom stereocenters. The summed E-state index contributed by atoms with van der Waals surface area (Å²) in [5, 5.41) is 3.30. The van der Waals surface area contributed by atoms with E-state index in [1.807, 2.05) is 43.3 Å². The third-order valence-corrected chi connectivity index (χ3v) is 3.24. The van der Waals surface area contributed by atoms with Crippen molar-refractivity contribution in [3.63, 3.8) is 0 Å². The first-order valence-electron chi connectivity index (χ1n) is 6.01. The Morgan fingerprint density at radius 2 is 1.95 bits per heavy atom. The Balaban J connectivity index is 2.07. The molecule has 0 unspecified atom stereocenters. The van der Waals surface area contributed by atoms with E-state index in [1.54, 1.807) is 0 Å². The Bertz CT molecular complexity index is 550. The van der Waals surface area contributed by atoms with Crippen LogP contribution in [0, 0.1) is 5.82 Å². The van der Waals surface area contributed by atoms with Crippen LogP contribution in [0.25, 0.3) is 0 Å². The molecule has 0 aliphatic rings. The minimum atomic E-state index is -0.229. The van der Waals surface area contributed by atoms with E-state index in [0.29, 0.717) is 6.54 Å². The molecule has 19 heavy (non-hydrogen) atoms. The lowest BCUT2D eigenvalue weighted by Crippen LogP contribution is -2.09. The van der Waals surface area contributed by atoms with Crippen molar-refractivity contribution < 1.29 is 4.39 Å². The normalized spacial score (nSPS) is 10.3. The van der Waals surface area contributed by atoms with Gasteiger partial charge in [-0.05, 0) is 42.0 Å². The predicted octanol–water partition coefficient (Wildman–Crippen LogP) is 4.27. The van der Waals surface area contributed by atoms with Crippen LogP contribution in [0.15, 0.2) is 46.9 Å². The van der Waals surface area contributed by atoms with Gasteiger partial charge in [0, 0.05) is 36.5 Å². The lowest BCUT2D eigenvalue weighted by molar-refractivity contribution is 0.625. The first-order chi connectivity index (χ1) is 9.04. The molecule has 100 valence electrons. The highest BCUT2D eigenvalue weighted by Crippen LogP contribution is 2.19. The van der Waals surface area contributed by atoms with Crippen molar-refractivity contribution in [1.29, 1.82) is 0 Å². The summed E-state index contributed by atoms with van der Waals surface area (Å²) in [6, 6.07) is 13.0. The lowest BCUT2D eigenvalue weighted by Gasteiger charge is -2.14. The molecule has 0 amide bonds. The van der Waals surface area contributed by atoms with Gasteiger partial charge in [0.25, 0.3) is 0 Å². The molecule has 0 saturated carbocycles. The van der Waals surface area contributed by atoms with Crippen LogP contribution >= 0.6 is 15.9 Å². The fourth-order valence-electron chi connectivity index (χ4n) is 1.81. The van der Waals surface area contributed by atoms with E-state index in [2.05, 4.69) is 27.3 Å². The van der Waals surface area contributed by atoms with Gasteiger partial charge in [-0.25, -0.2) is 4.39 Å². The summed E-state index contributed by atoms with van der Waals surface area (Å²) >= 11 is 3.30. The Labute approximate surface area is 121 Å². The minimum Gasteiger partial charge on any atom is -0.381 e. The first kappa shape index (κ1) is 13.9. The fraction of sp³-hybridized carbons (Fsp3) is 0.200. The molecule has 0 aliphatic heterocycles. The first-order valence-corrected chi connectivity index (χ1v) is 6.80. The van der Waals surface area contributed by atoms with Gasteiger partial charge in [0.05, 0.1) is 0 Å². The van der Waals surface area contributed by atoms with Crippen molar-refractivity contribution in [1.82, 2.24) is 0 Å². The second kappa shape index (κ2) is 6.06. The average molecular weight is 323 g/mol. The molecule has 1 N–H and O–H groups in total. The zero-order valence-corrected chi connectivity index (χ0v) is 12.5. The standard InChI is InChI=1S/C15H16BrFN2/c1-19(2)15-5-3-4-14(9-15)18-10-11-6-12(16)8-13(17)7-11/h3-9,18H,10H2,1-2H3. The number of nitrogens with zero attached hydrogens (tertiary/aromatic N) is 1. The molecule has 2 aromatic carbocycles. The SMILES string of the molecule is CN(C)c1cccc(NCc2cc(F)cc(Br)c2)c1. The summed E-state index contributed by atoms with van der Waals surface area (Å²) < 4.78 is 14.0. The number of rotatable bonds is 4. The molecule has 0 heterocycles. The van der Waals surface area contributed by atoms with Gasteiger partial charge in [-0.15, -0.1) is 0 Å². The van der Waals surface area contributed by atoms with Gasteiger partial charge in [-0.3, -0.25) is 0 Å². The number of anilines is 2. The Kier molecular flexibility index (Phi) is 4.43. The van der Waals surface area contributed by atoms with E-state index >= 15 is 0 Å². The zero-order chi connectivity index (χ0) is 13.8. The second-order valence-electron chi connectivity index (χ2n) is 4.58. The van der Waals surface area contributed by atoms with Gasteiger partial charge in [0.1, 0.15) is 5.82 Å². The third-order valence-electron chi connectivity index (χ3n) is 2.78. The lowest BCUT2D eigenvalue weighted by atomic mass is 10.2. The number of benzene rings is 2. The van der Waals surface area contributed by atoms with Crippen molar-refractivity contribution in [2.24, 2.45) is 0 Å². The maximum absolute atomic E-state index is 13.3. The van der Waals surface area contributed by atoms with Gasteiger partial charge in [0.15, 0.2) is 0 Å². The van der Waals surface area contributed by atoms with Crippen LogP contribution in [0.5, 0.6) is 0 Å². The number of hydrogen-bond acceptors (Lipinski definition) is 2. The van der Waals surface area contributed by atoms with Gasteiger partial charge < -0.3 is 10.2 Å². The average Bonchev–Trinajstić information content (AvgIpc) is 2.35. The van der Waals surface area contributed by atoms with E-state index in [9.17, 15) is 4.39 Å². The Morgan fingerprint density at radius 3 is 2.63 bits per heavy atom. The summed E-state index contributed by atoms with van der Waals surface area (Å²) in [7, 11) is 4.01. The maximum atomic E-state index is 13.3. The van der Waals surface area contributed by atoms with E-state index in [4.69, 9.17) is 0 Å². The van der Waals surface area contributed by atoms with E-state index < -0.39 is 0 Å². The van der Waals surface area contributed by atoms with Crippen molar-refractivity contribution in [3.05, 3.63) is 58.3 Å². The van der Waals surface area contributed by atoms with E-state index in [0.717, 1.165) is 21.4 Å². The fourth-order valence-corrected chi connectivity index (χ4v) is 2.32. The molecule has 2 nitrogen and oxygen atoms in total. The summed E-state index contributed by atoms with van der Waals surface area (Å²) in [4.78, 5) is 2.05. The van der Waals surface area contributed by atoms with Crippen LogP contribution in [-0.4, -0.2) is 14.1 Å². The van der Waals surface area contributed by atoms with Crippen molar-refractivity contribution in [3.8, 4) is 0 Å². The molecular formula is C15H16BrFN2. The molecule has 0 saturated heterocycles.